The Bertz CT molecular complexity index is 966. The fourth-order valence-corrected chi connectivity index (χ4v) is 2.91. The van der Waals surface area contributed by atoms with Crippen LogP contribution in [0.3, 0.4) is 0 Å². The van der Waals surface area contributed by atoms with Crippen LogP contribution in [0.4, 0.5) is 0 Å². The molecule has 1 aliphatic rings. The first-order valence-electron chi connectivity index (χ1n) is 7.90. The van der Waals surface area contributed by atoms with Crippen molar-refractivity contribution in [3.8, 4) is 5.75 Å². The minimum Gasteiger partial charge on any atom is -0.465 e. The maximum Gasteiger partial charge on any atom is 0.343 e. The van der Waals surface area contributed by atoms with Crippen LogP contribution in [0.1, 0.15) is 32.0 Å². The third kappa shape index (κ3) is 2.90. The molecular weight excluding hydrogens is 316 g/mol. The summed E-state index contributed by atoms with van der Waals surface area (Å²) in [7, 11) is 0. The van der Waals surface area contributed by atoms with Crippen LogP contribution >= 0.6 is 0 Å². The van der Waals surface area contributed by atoms with Gasteiger partial charge in [0.1, 0.15) is 11.5 Å². The van der Waals surface area contributed by atoms with E-state index in [4.69, 9.17) is 9.15 Å². The Hall–Kier alpha value is -3.40. The molecule has 0 spiro atoms. The first-order chi connectivity index (χ1) is 12.2. The molecule has 122 valence electrons. The van der Waals surface area contributed by atoms with Crippen molar-refractivity contribution in [2.24, 2.45) is 0 Å². The average molecular weight is 330 g/mol. The molecule has 2 aromatic carbocycles. The van der Waals surface area contributed by atoms with E-state index in [2.05, 4.69) is 0 Å². The van der Waals surface area contributed by atoms with Crippen LogP contribution in [0, 0.1) is 0 Å². The second-order valence-corrected chi connectivity index (χ2v) is 5.74. The summed E-state index contributed by atoms with van der Waals surface area (Å²) in [5.41, 5.74) is 2.36. The van der Waals surface area contributed by atoms with Gasteiger partial charge in [-0.1, -0.05) is 30.3 Å². The molecule has 0 bridgehead atoms. The van der Waals surface area contributed by atoms with Crippen molar-refractivity contribution in [2.45, 2.75) is 6.42 Å². The van der Waals surface area contributed by atoms with Crippen LogP contribution in [-0.4, -0.2) is 11.8 Å². The van der Waals surface area contributed by atoms with Gasteiger partial charge in [-0.05, 0) is 42.0 Å². The number of allylic oxidation sites excluding steroid dienone is 1. The molecule has 0 radical (unpaired) electrons. The first-order valence-corrected chi connectivity index (χ1v) is 7.90. The summed E-state index contributed by atoms with van der Waals surface area (Å²) in [6.45, 7) is 0. The summed E-state index contributed by atoms with van der Waals surface area (Å²) >= 11 is 0. The van der Waals surface area contributed by atoms with Gasteiger partial charge in [0.15, 0.2) is 5.78 Å². The van der Waals surface area contributed by atoms with Crippen molar-refractivity contribution >= 4 is 17.8 Å². The largest absolute Gasteiger partial charge is 0.465 e. The molecule has 3 aromatic rings. The van der Waals surface area contributed by atoms with Gasteiger partial charge >= 0.3 is 5.97 Å². The van der Waals surface area contributed by atoms with Gasteiger partial charge in [0.05, 0.1) is 17.4 Å². The third-order valence-electron chi connectivity index (χ3n) is 4.08. The lowest BCUT2D eigenvalue weighted by atomic mass is 10.1. The predicted molar refractivity (Wildman–Crippen MR) is 92.6 cm³/mol. The molecule has 4 nitrogen and oxygen atoms in total. The Morgan fingerprint density at radius 2 is 1.84 bits per heavy atom. The number of carbonyl (C=O) groups excluding carboxylic acids is 2. The molecular formula is C21H14O4. The average Bonchev–Trinajstić information content (AvgIpc) is 3.25. The molecule has 0 aliphatic heterocycles. The first kappa shape index (κ1) is 15.1. The number of fused-ring (bicyclic) bond motifs is 1. The highest BCUT2D eigenvalue weighted by Gasteiger charge is 2.29. The topological polar surface area (TPSA) is 56.5 Å². The summed E-state index contributed by atoms with van der Waals surface area (Å²) in [5, 5.41) is 0. The van der Waals surface area contributed by atoms with Crippen LogP contribution in [0.5, 0.6) is 5.75 Å². The van der Waals surface area contributed by atoms with Crippen molar-refractivity contribution in [3.05, 3.63) is 95.0 Å². The van der Waals surface area contributed by atoms with Gasteiger partial charge in [-0.3, -0.25) is 4.79 Å². The number of rotatable bonds is 3. The Labute approximate surface area is 144 Å². The number of ketones is 1. The molecule has 1 aliphatic carbocycles. The molecule has 4 heteroatoms. The molecule has 25 heavy (non-hydrogen) atoms. The Morgan fingerprint density at radius 1 is 1.00 bits per heavy atom. The van der Waals surface area contributed by atoms with Crippen molar-refractivity contribution in [2.75, 3.05) is 0 Å². The highest BCUT2D eigenvalue weighted by Crippen LogP contribution is 2.34. The van der Waals surface area contributed by atoms with E-state index >= 15 is 0 Å². The maximum absolute atomic E-state index is 12.8. The van der Waals surface area contributed by atoms with Crippen molar-refractivity contribution in [1.29, 1.82) is 0 Å². The van der Waals surface area contributed by atoms with E-state index in [9.17, 15) is 9.59 Å². The van der Waals surface area contributed by atoms with Gasteiger partial charge in [0.25, 0.3) is 0 Å². The highest BCUT2D eigenvalue weighted by molar-refractivity contribution is 6.17. The van der Waals surface area contributed by atoms with Gasteiger partial charge in [0, 0.05) is 12.0 Å². The van der Waals surface area contributed by atoms with Crippen molar-refractivity contribution in [1.82, 2.24) is 0 Å². The molecule has 0 N–H and O–H groups in total. The Morgan fingerprint density at radius 3 is 2.60 bits per heavy atom. The molecule has 0 atom stereocenters. The molecule has 0 saturated carbocycles. The van der Waals surface area contributed by atoms with Crippen LogP contribution in [0.25, 0.3) is 6.08 Å². The zero-order valence-electron chi connectivity index (χ0n) is 13.3. The number of Topliss-reactive ketones (excluding diaryl/α,β-unsaturated/α-hetero) is 1. The number of benzene rings is 2. The number of furan rings is 1. The van der Waals surface area contributed by atoms with E-state index in [1.165, 1.54) is 0 Å². The van der Waals surface area contributed by atoms with Gasteiger partial charge in [0.2, 0.25) is 0 Å². The van der Waals surface area contributed by atoms with Crippen LogP contribution < -0.4 is 4.74 Å². The SMILES string of the molecule is O=C(Oc1cccc2c1C(=O)/C(=C\c1ccco1)C2)c1ccccc1. The van der Waals surface area contributed by atoms with E-state index < -0.39 is 5.97 Å². The number of esters is 1. The third-order valence-corrected chi connectivity index (χ3v) is 4.08. The number of ether oxygens (including phenoxy) is 1. The minimum atomic E-state index is -0.481. The Kier molecular flexibility index (Phi) is 3.78. The Balaban J connectivity index is 1.65. The lowest BCUT2D eigenvalue weighted by Crippen LogP contribution is -2.10. The van der Waals surface area contributed by atoms with Gasteiger partial charge in [-0.15, -0.1) is 0 Å². The molecule has 4 rings (SSSR count). The maximum atomic E-state index is 12.8. The molecule has 0 amide bonds. The van der Waals surface area contributed by atoms with Crippen LogP contribution in [0.2, 0.25) is 0 Å². The predicted octanol–water partition coefficient (Wildman–Crippen LogP) is 4.32. The van der Waals surface area contributed by atoms with Gasteiger partial charge in [-0.2, -0.15) is 0 Å². The zero-order chi connectivity index (χ0) is 17.2. The standard InChI is InChI=1S/C21H14O4/c22-20-16(13-17-9-5-11-24-17)12-15-8-4-10-18(19(15)20)25-21(23)14-6-2-1-3-7-14/h1-11,13H,12H2/b16-13-. The van der Waals surface area contributed by atoms with E-state index in [1.54, 1.807) is 60.9 Å². The number of hydrogen-bond donors (Lipinski definition) is 0. The van der Waals surface area contributed by atoms with Gasteiger partial charge in [-0.25, -0.2) is 4.79 Å². The summed E-state index contributed by atoms with van der Waals surface area (Å²) < 4.78 is 10.8. The van der Waals surface area contributed by atoms with Crippen molar-refractivity contribution in [3.63, 3.8) is 0 Å². The summed E-state index contributed by atoms with van der Waals surface area (Å²) in [6.07, 6.45) is 3.78. The van der Waals surface area contributed by atoms with E-state index in [0.717, 1.165) is 5.56 Å². The second-order valence-electron chi connectivity index (χ2n) is 5.74. The number of carbonyl (C=O) groups is 2. The molecule has 0 saturated heterocycles. The highest BCUT2D eigenvalue weighted by atomic mass is 16.5. The zero-order valence-corrected chi connectivity index (χ0v) is 13.3. The molecule has 0 fully saturated rings. The van der Waals surface area contributed by atoms with Crippen LogP contribution in [0.15, 0.2) is 76.9 Å². The van der Waals surface area contributed by atoms with E-state index in [1.807, 2.05) is 12.1 Å². The lowest BCUT2D eigenvalue weighted by molar-refractivity contribution is 0.0733. The van der Waals surface area contributed by atoms with E-state index in [-0.39, 0.29) is 5.78 Å². The molecule has 1 aromatic heterocycles. The van der Waals surface area contributed by atoms with Crippen LogP contribution in [-0.2, 0) is 6.42 Å². The van der Waals surface area contributed by atoms with Gasteiger partial charge < -0.3 is 9.15 Å². The summed E-state index contributed by atoms with van der Waals surface area (Å²) in [4.78, 5) is 25.1. The second kappa shape index (κ2) is 6.24. The number of hydrogen-bond acceptors (Lipinski definition) is 4. The minimum absolute atomic E-state index is 0.136. The summed E-state index contributed by atoms with van der Waals surface area (Å²) in [6, 6.07) is 17.6. The summed E-state index contributed by atoms with van der Waals surface area (Å²) in [5.74, 6) is 0.298. The smallest absolute Gasteiger partial charge is 0.343 e. The fourth-order valence-electron chi connectivity index (χ4n) is 2.91. The molecule has 1 heterocycles. The normalized spacial score (nSPS) is 14.6. The lowest BCUT2D eigenvalue weighted by Gasteiger charge is -2.08. The quantitative estimate of drug-likeness (QED) is 0.408. The monoisotopic (exact) mass is 330 g/mol. The van der Waals surface area contributed by atoms with Crippen molar-refractivity contribution < 1.29 is 18.7 Å². The molecule has 0 unspecified atom stereocenters. The van der Waals surface area contributed by atoms with E-state index in [0.29, 0.717) is 34.6 Å². The fraction of sp³-hybridized carbons (Fsp3) is 0.0476.